The summed E-state index contributed by atoms with van der Waals surface area (Å²) in [7, 11) is 0. The van der Waals surface area contributed by atoms with Crippen molar-refractivity contribution in [2.24, 2.45) is 11.3 Å². The molecule has 0 radical (unpaired) electrons. The number of hydrogen-bond acceptors (Lipinski definition) is 4. The van der Waals surface area contributed by atoms with Crippen LogP contribution in [0.5, 0.6) is 0 Å². The van der Waals surface area contributed by atoms with Crippen LogP contribution < -0.4 is 5.32 Å². The van der Waals surface area contributed by atoms with Crippen LogP contribution in [0.25, 0.3) is 0 Å². The van der Waals surface area contributed by atoms with Crippen LogP contribution >= 0.6 is 0 Å². The van der Waals surface area contributed by atoms with E-state index in [1.165, 1.54) is 6.07 Å². The summed E-state index contributed by atoms with van der Waals surface area (Å²) in [6.07, 6.45) is 0.329. The molecule has 2 fully saturated rings. The smallest absolute Gasteiger partial charge is 0.416 e. The summed E-state index contributed by atoms with van der Waals surface area (Å²) in [5, 5.41) is 13.3. The Hall–Kier alpha value is -2.13. The SMILES string of the molecule is CC(C)(CC1Cc2ccc(C(F)(F)F)cc2CN1C(=O)[C@H]1CC[C@@H](NC2CCOCC2)C1)C(=O)O. The normalized spacial score (nSPS) is 26.0. The van der Waals surface area contributed by atoms with Crippen LogP contribution in [0.2, 0.25) is 0 Å². The van der Waals surface area contributed by atoms with Gasteiger partial charge < -0.3 is 20.1 Å². The molecular weight excluding hydrogens is 461 g/mol. The maximum Gasteiger partial charge on any atom is 0.416 e. The first-order valence-electron chi connectivity index (χ1n) is 12.5. The average Bonchev–Trinajstić information content (AvgIpc) is 3.26. The molecule has 0 aromatic heterocycles. The largest absolute Gasteiger partial charge is 0.481 e. The van der Waals surface area contributed by atoms with E-state index in [2.05, 4.69) is 5.32 Å². The zero-order chi connectivity index (χ0) is 25.4. The highest BCUT2D eigenvalue weighted by atomic mass is 19.4. The highest BCUT2D eigenvalue weighted by Crippen LogP contribution is 2.38. The number of nitrogens with zero attached hydrogens (tertiary/aromatic N) is 1. The number of halogens is 3. The van der Waals surface area contributed by atoms with E-state index in [0.717, 1.165) is 56.6 Å². The van der Waals surface area contributed by atoms with Gasteiger partial charge in [0.05, 0.1) is 11.0 Å². The Labute approximate surface area is 204 Å². The van der Waals surface area contributed by atoms with E-state index in [1.807, 2.05) is 0 Å². The summed E-state index contributed by atoms with van der Waals surface area (Å²) in [6.45, 7) is 4.81. The topological polar surface area (TPSA) is 78.9 Å². The van der Waals surface area contributed by atoms with Gasteiger partial charge in [-0.3, -0.25) is 9.59 Å². The van der Waals surface area contributed by atoms with E-state index in [1.54, 1.807) is 18.7 Å². The molecule has 1 unspecified atom stereocenters. The standard InChI is InChI=1S/C26H35F3N2O4/c1-25(2,24(33)34)14-22-13-16-3-5-19(26(27,28)29)11-18(16)15-31(22)23(32)17-4-6-21(12-17)30-20-7-9-35-10-8-20/h3,5,11,17,20-22,30H,4,6-10,12-15H2,1-2H3,(H,33,34)/t17-,21+,22?/m0/s1. The number of benzene rings is 1. The summed E-state index contributed by atoms with van der Waals surface area (Å²) < 4.78 is 45.4. The molecule has 1 aromatic carbocycles. The average molecular weight is 497 g/mol. The highest BCUT2D eigenvalue weighted by molar-refractivity contribution is 5.80. The fraction of sp³-hybridized carbons (Fsp3) is 0.692. The minimum Gasteiger partial charge on any atom is -0.481 e. The second-order valence-electron chi connectivity index (χ2n) is 11.0. The molecule has 9 heteroatoms. The third-order valence-corrected chi connectivity index (χ3v) is 7.85. The van der Waals surface area contributed by atoms with Crippen molar-refractivity contribution < 1.29 is 32.6 Å². The fourth-order valence-electron chi connectivity index (χ4n) is 5.73. The van der Waals surface area contributed by atoms with Gasteiger partial charge >= 0.3 is 12.1 Å². The van der Waals surface area contributed by atoms with Crippen LogP contribution in [0, 0.1) is 11.3 Å². The summed E-state index contributed by atoms with van der Waals surface area (Å²) in [5.41, 5.74) is -0.546. The fourth-order valence-corrected chi connectivity index (χ4v) is 5.73. The zero-order valence-electron chi connectivity index (χ0n) is 20.4. The lowest BCUT2D eigenvalue weighted by Gasteiger charge is -2.41. The van der Waals surface area contributed by atoms with Crippen molar-refractivity contribution in [1.29, 1.82) is 0 Å². The number of alkyl halides is 3. The third kappa shape index (κ3) is 6.00. The van der Waals surface area contributed by atoms with Crippen molar-refractivity contribution in [1.82, 2.24) is 10.2 Å². The molecule has 1 aliphatic carbocycles. The van der Waals surface area contributed by atoms with Crippen LogP contribution in [-0.4, -0.2) is 53.2 Å². The Morgan fingerprint density at radius 3 is 2.46 bits per heavy atom. The number of ether oxygens (including phenoxy) is 1. The minimum atomic E-state index is -4.46. The lowest BCUT2D eigenvalue weighted by Crippen LogP contribution is -2.49. The van der Waals surface area contributed by atoms with E-state index in [4.69, 9.17) is 4.74 Å². The molecule has 2 aliphatic heterocycles. The Balaban J connectivity index is 1.52. The van der Waals surface area contributed by atoms with Crippen molar-refractivity contribution in [3.8, 4) is 0 Å². The van der Waals surface area contributed by atoms with E-state index < -0.39 is 23.1 Å². The molecule has 1 amide bonds. The van der Waals surface area contributed by atoms with Crippen molar-refractivity contribution in [3.05, 3.63) is 34.9 Å². The molecule has 1 saturated carbocycles. The molecule has 3 atom stereocenters. The highest BCUT2D eigenvalue weighted by Gasteiger charge is 2.42. The van der Waals surface area contributed by atoms with E-state index in [-0.39, 0.29) is 36.9 Å². The number of carboxylic acids is 1. The maximum atomic E-state index is 13.7. The number of carbonyl (C=O) groups excluding carboxylic acids is 1. The van der Waals surface area contributed by atoms with Crippen molar-refractivity contribution in [2.75, 3.05) is 13.2 Å². The zero-order valence-corrected chi connectivity index (χ0v) is 20.4. The summed E-state index contributed by atoms with van der Waals surface area (Å²) in [5.74, 6) is -1.24. The van der Waals surface area contributed by atoms with Crippen LogP contribution in [0.1, 0.15) is 69.1 Å². The monoisotopic (exact) mass is 496 g/mol. The Morgan fingerprint density at radius 2 is 1.80 bits per heavy atom. The van der Waals surface area contributed by atoms with Gasteiger partial charge in [0.1, 0.15) is 0 Å². The summed E-state index contributed by atoms with van der Waals surface area (Å²) >= 11 is 0. The Bertz CT molecular complexity index is 943. The second-order valence-corrected chi connectivity index (χ2v) is 11.0. The molecule has 1 saturated heterocycles. The van der Waals surface area contributed by atoms with Gasteiger partial charge in [-0.2, -0.15) is 13.2 Å². The van der Waals surface area contributed by atoms with Crippen LogP contribution in [0.3, 0.4) is 0 Å². The molecule has 6 nitrogen and oxygen atoms in total. The molecule has 2 heterocycles. The first-order chi connectivity index (χ1) is 16.4. The van der Waals surface area contributed by atoms with Crippen molar-refractivity contribution >= 4 is 11.9 Å². The van der Waals surface area contributed by atoms with Crippen molar-refractivity contribution in [2.45, 2.75) is 89.6 Å². The van der Waals surface area contributed by atoms with Gasteiger partial charge in [-0.05, 0) is 82.1 Å². The van der Waals surface area contributed by atoms with Gasteiger partial charge in [-0.15, -0.1) is 0 Å². The number of carbonyl (C=O) groups is 2. The molecule has 2 N–H and O–H groups in total. The van der Waals surface area contributed by atoms with Gasteiger partial charge in [0.15, 0.2) is 0 Å². The van der Waals surface area contributed by atoms with Gasteiger partial charge in [-0.1, -0.05) is 6.07 Å². The van der Waals surface area contributed by atoms with Gasteiger partial charge in [0.2, 0.25) is 5.91 Å². The van der Waals surface area contributed by atoms with E-state index in [0.29, 0.717) is 24.4 Å². The molecule has 4 rings (SSSR count). The maximum absolute atomic E-state index is 13.7. The first-order valence-corrected chi connectivity index (χ1v) is 12.5. The number of aliphatic carboxylic acids is 1. The third-order valence-electron chi connectivity index (χ3n) is 7.85. The molecule has 35 heavy (non-hydrogen) atoms. The lowest BCUT2D eigenvalue weighted by molar-refractivity contribution is -0.150. The predicted octanol–water partition coefficient (Wildman–Crippen LogP) is 4.40. The molecule has 1 aromatic rings. The number of hydrogen-bond donors (Lipinski definition) is 2. The quantitative estimate of drug-likeness (QED) is 0.611. The van der Waals surface area contributed by atoms with Crippen LogP contribution in [-0.2, 0) is 33.5 Å². The molecular formula is C26H35F3N2O4. The second kappa shape index (κ2) is 10.1. The number of rotatable bonds is 6. The predicted molar refractivity (Wildman–Crippen MR) is 124 cm³/mol. The first kappa shape index (κ1) is 25.9. The van der Waals surface area contributed by atoms with E-state index >= 15 is 0 Å². The number of fused-ring (bicyclic) bond motifs is 1. The summed E-state index contributed by atoms with van der Waals surface area (Å²) in [6, 6.07) is 3.92. The van der Waals surface area contributed by atoms with Crippen LogP contribution in [0.15, 0.2) is 18.2 Å². The summed E-state index contributed by atoms with van der Waals surface area (Å²) in [4.78, 5) is 27.2. The number of nitrogens with one attached hydrogen (secondary N) is 1. The van der Waals surface area contributed by atoms with Gasteiger partial charge in [-0.25, -0.2) is 0 Å². The van der Waals surface area contributed by atoms with E-state index in [9.17, 15) is 27.9 Å². The Morgan fingerprint density at radius 1 is 1.09 bits per heavy atom. The van der Waals surface area contributed by atoms with Gasteiger partial charge in [0, 0.05) is 43.8 Å². The Kier molecular flexibility index (Phi) is 7.48. The minimum absolute atomic E-state index is 0.0736. The lowest BCUT2D eigenvalue weighted by atomic mass is 9.80. The van der Waals surface area contributed by atoms with Crippen molar-refractivity contribution in [3.63, 3.8) is 0 Å². The molecule has 0 bridgehead atoms. The van der Waals surface area contributed by atoms with Crippen LogP contribution in [0.4, 0.5) is 13.2 Å². The number of carboxylic acid groups (broad SMARTS) is 1. The molecule has 194 valence electrons. The van der Waals surface area contributed by atoms with Gasteiger partial charge in [0.25, 0.3) is 0 Å². The molecule has 0 spiro atoms. The molecule has 3 aliphatic rings. The number of amides is 1.